The highest BCUT2D eigenvalue weighted by molar-refractivity contribution is 5.65. The van der Waals surface area contributed by atoms with Crippen molar-refractivity contribution in [3.05, 3.63) is 22.8 Å². The van der Waals surface area contributed by atoms with Crippen molar-refractivity contribution in [3.63, 3.8) is 0 Å². The highest BCUT2D eigenvalue weighted by Crippen LogP contribution is 2.54. The van der Waals surface area contributed by atoms with E-state index in [1.165, 1.54) is 23.6 Å². The maximum atomic E-state index is 11.1. The number of ether oxygens (including phenoxy) is 2. The van der Waals surface area contributed by atoms with E-state index in [1.807, 2.05) is 0 Å². The molecule has 0 saturated heterocycles. The predicted molar refractivity (Wildman–Crippen MR) is 102 cm³/mol. The molecule has 3 rings (SSSR count). The summed E-state index contributed by atoms with van der Waals surface area (Å²) in [5.74, 6) is 1.02. The molecular formula is C22H34O4. The lowest BCUT2D eigenvalue weighted by atomic mass is 9.70. The zero-order valence-electron chi connectivity index (χ0n) is 16.7. The first kappa shape index (κ1) is 19.6. The van der Waals surface area contributed by atoms with Crippen LogP contribution < -0.4 is 0 Å². The smallest absolute Gasteiger partial charge is 0.302 e. The van der Waals surface area contributed by atoms with Crippen molar-refractivity contribution in [2.24, 2.45) is 23.2 Å². The summed E-state index contributed by atoms with van der Waals surface area (Å²) in [4.78, 5) is 11.1. The van der Waals surface area contributed by atoms with Crippen LogP contribution in [0.25, 0.3) is 0 Å². The van der Waals surface area contributed by atoms with Crippen molar-refractivity contribution in [2.75, 3.05) is 20.3 Å². The molecule has 0 aromatic heterocycles. The Labute approximate surface area is 157 Å². The van der Waals surface area contributed by atoms with Gasteiger partial charge in [0.05, 0.1) is 19.3 Å². The Hall–Kier alpha value is -1.13. The first-order chi connectivity index (χ1) is 12.4. The van der Waals surface area contributed by atoms with Crippen molar-refractivity contribution in [2.45, 2.75) is 65.4 Å². The Balaban J connectivity index is 1.92. The van der Waals surface area contributed by atoms with Gasteiger partial charge in [-0.05, 0) is 43.9 Å². The van der Waals surface area contributed by atoms with Gasteiger partial charge in [-0.3, -0.25) is 4.79 Å². The van der Waals surface area contributed by atoms with Crippen LogP contribution in [0, 0.1) is 23.2 Å². The number of aliphatic hydroxyl groups is 1. The van der Waals surface area contributed by atoms with Crippen LogP contribution in [-0.2, 0) is 14.3 Å². The average molecular weight is 363 g/mol. The number of esters is 1. The largest absolute Gasteiger partial charge is 0.466 e. The first-order valence-corrected chi connectivity index (χ1v) is 10.1. The first-order valence-electron chi connectivity index (χ1n) is 10.1. The fourth-order valence-corrected chi connectivity index (χ4v) is 5.47. The maximum absolute atomic E-state index is 11.1. The van der Waals surface area contributed by atoms with Crippen molar-refractivity contribution >= 4 is 5.97 Å². The van der Waals surface area contributed by atoms with Crippen LogP contribution in [0.5, 0.6) is 0 Å². The van der Waals surface area contributed by atoms with Crippen molar-refractivity contribution in [1.29, 1.82) is 0 Å². The lowest BCUT2D eigenvalue weighted by Crippen LogP contribution is -2.32. The molecule has 3 aliphatic rings. The van der Waals surface area contributed by atoms with Gasteiger partial charge in [0.2, 0.25) is 0 Å². The molecular weight excluding hydrogens is 328 g/mol. The molecule has 1 N–H and O–H groups in total. The molecule has 3 aliphatic carbocycles. The number of allylic oxidation sites excluding steroid dienone is 1. The van der Waals surface area contributed by atoms with Gasteiger partial charge < -0.3 is 14.6 Å². The fraction of sp³-hybridized carbons (Fsp3) is 0.773. The van der Waals surface area contributed by atoms with E-state index >= 15 is 0 Å². The van der Waals surface area contributed by atoms with E-state index in [9.17, 15) is 9.90 Å². The summed E-state index contributed by atoms with van der Waals surface area (Å²) in [7, 11) is 1.78. The van der Waals surface area contributed by atoms with Crippen LogP contribution in [0.4, 0.5) is 0 Å². The Bertz CT molecular complexity index is 605. The van der Waals surface area contributed by atoms with Gasteiger partial charge in [0.25, 0.3) is 0 Å². The van der Waals surface area contributed by atoms with Crippen LogP contribution in [0.3, 0.4) is 0 Å². The van der Waals surface area contributed by atoms with E-state index in [4.69, 9.17) is 9.47 Å². The number of carbonyl (C=O) groups excluding carboxylic acids is 1. The van der Waals surface area contributed by atoms with Crippen molar-refractivity contribution in [3.8, 4) is 0 Å². The molecule has 146 valence electrons. The topological polar surface area (TPSA) is 55.8 Å². The van der Waals surface area contributed by atoms with Crippen LogP contribution >= 0.6 is 0 Å². The number of aliphatic hydroxyl groups excluding tert-OH is 1. The molecule has 0 aromatic rings. The quantitative estimate of drug-likeness (QED) is 0.592. The van der Waals surface area contributed by atoms with E-state index in [0.29, 0.717) is 18.4 Å². The lowest BCUT2D eigenvalue weighted by Gasteiger charge is -2.37. The summed E-state index contributed by atoms with van der Waals surface area (Å²) >= 11 is 0. The highest BCUT2D eigenvalue weighted by Gasteiger charge is 2.44. The lowest BCUT2D eigenvalue weighted by molar-refractivity contribution is -0.140. The second kappa shape index (κ2) is 7.85. The standard InChI is InChI=1S/C22H34O4/c1-14-18-6-5-17(13-25-4)19(18)12-22(3)9-7-16(8-10-26-15(2)23)20(22)11-21(14)24/h12,14,17-18,21,24H,5-11,13H2,1-4H3/b19-12-/t14-,17-,18?,21+,22-/m1/s1. The molecule has 0 aliphatic heterocycles. The minimum absolute atomic E-state index is 0.0244. The Morgan fingerprint density at radius 1 is 1.38 bits per heavy atom. The summed E-state index contributed by atoms with van der Waals surface area (Å²) in [6, 6.07) is 0. The van der Waals surface area contributed by atoms with Gasteiger partial charge in [-0.25, -0.2) is 0 Å². The van der Waals surface area contributed by atoms with Crippen LogP contribution in [0.15, 0.2) is 22.8 Å². The number of rotatable bonds is 5. The van der Waals surface area contributed by atoms with E-state index in [1.54, 1.807) is 7.11 Å². The van der Waals surface area contributed by atoms with Gasteiger partial charge in [-0.1, -0.05) is 36.6 Å². The monoisotopic (exact) mass is 362 g/mol. The third-order valence-corrected chi connectivity index (χ3v) is 7.01. The van der Waals surface area contributed by atoms with Gasteiger partial charge >= 0.3 is 5.97 Å². The summed E-state index contributed by atoms with van der Waals surface area (Å²) in [6.45, 7) is 7.21. The molecule has 1 fully saturated rings. The zero-order valence-corrected chi connectivity index (χ0v) is 16.7. The number of carbonyl (C=O) groups is 1. The number of fused-ring (bicyclic) bond motifs is 2. The maximum Gasteiger partial charge on any atom is 0.302 e. The Kier molecular flexibility index (Phi) is 5.93. The number of hydrogen-bond acceptors (Lipinski definition) is 4. The number of hydrogen-bond donors (Lipinski definition) is 1. The molecule has 0 spiro atoms. The molecule has 4 nitrogen and oxygen atoms in total. The molecule has 0 radical (unpaired) electrons. The van der Waals surface area contributed by atoms with Gasteiger partial charge in [0, 0.05) is 31.8 Å². The molecule has 0 heterocycles. The van der Waals surface area contributed by atoms with Gasteiger partial charge in [0.15, 0.2) is 0 Å². The van der Waals surface area contributed by atoms with Gasteiger partial charge in [-0.2, -0.15) is 0 Å². The van der Waals surface area contributed by atoms with E-state index in [-0.39, 0.29) is 23.4 Å². The number of methoxy groups -OCH3 is 1. The van der Waals surface area contributed by atoms with Crippen molar-refractivity contribution in [1.82, 2.24) is 0 Å². The van der Waals surface area contributed by atoms with E-state index < -0.39 is 0 Å². The second-order valence-electron chi connectivity index (χ2n) is 8.70. The minimum Gasteiger partial charge on any atom is -0.466 e. The molecule has 1 saturated carbocycles. The second-order valence-corrected chi connectivity index (χ2v) is 8.70. The van der Waals surface area contributed by atoms with E-state index in [0.717, 1.165) is 45.1 Å². The molecule has 26 heavy (non-hydrogen) atoms. The molecule has 5 atom stereocenters. The molecule has 1 unspecified atom stereocenters. The van der Waals surface area contributed by atoms with Crippen LogP contribution in [0.1, 0.15) is 59.3 Å². The summed E-state index contributed by atoms with van der Waals surface area (Å²) in [5, 5.41) is 11.0. The predicted octanol–water partition coefficient (Wildman–Crippen LogP) is 4.04. The Morgan fingerprint density at radius 3 is 2.85 bits per heavy atom. The van der Waals surface area contributed by atoms with Crippen LogP contribution in [0.2, 0.25) is 0 Å². The fourth-order valence-electron chi connectivity index (χ4n) is 5.47. The summed E-state index contributed by atoms with van der Waals surface area (Å²) < 4.78 is 10.7. The minimum atomic E-state index is -0.304. The SMILES string of the molecule is COC[C@H]1CCC2/C1=C\[C@@]1(C)CCC(CCOC(C)=O)=C1C[C@H](O)[C@@H]2C. The average Bonchev–Trinajstić information content (AvgIpc) is 3.09. The molecule has 0 aromatic carbocycles. The normalized spacial score (nSPS) is 38.9. The zero-order chi connectivity index (χ0) is 18.9. The molecule has 0 amide bonds. The van der Waals surface area contributed by atoms with E-state index in [2.05, 4.69) is 19.9 Å². The molecule has 0 bridgehead atoms. The van der Waals surface area contributed by atoms with Gasteiger partial charge in [-0.15, -0.1) is 0 Å². The third-order valence-electron chi connectivity index (χ3n) is 7.01. The van der Waals surface area contributed by atoms with Gasteiger partial charge in [0.1, 0.15) is 0 Å². The summed E-state index contributed by atoms with van der Waals surface area (Å²) in [5.41, 5.74) is 4.31. The highest BCUT2D eigenvalue weighted by atomic mass is 16.5. The molecule has 4 heteroatoms. The third kappa shape index (κ3) is 3.77. The Morgan fingerprint density at radius 2 is 2.15 bits per heavy atom. The van der Waals surface area contributed by atoms with Crippen LogP contribution in [-0.4, -0.2) is 37.5 Å². The van der Waals surface area contributed by atoms with Crippen molar-refractivity contribution < 1.29 is 19.4 Å². The summed E-state index contributed by atoms with van der Waals surface area (Å²) in [6.07, 6.45) is 8.22.